The van der Waals surface area contributed by atoms with Crippen molar-refractivity contribution in [2.75, 3.05) is 6.61 Å². The molecule has 0 unspecified atom stereocenters. The maximum absolute atomic E-state index is 11.6. The number of hydrogen-bond donors (Lipinski definition) is 0. The molecular weight excluding hydrogens is 258 g/mol. The smallest absolute Gasteiger partial charge is 0.294 e. The zero-order valence-electron chi connectivity index (χ0n) is 7.57. The second-order valence-corrected chi connectivity index (χ2v) is 3.90. The lowest BCUT2D eigenvalue weighted by molar-refractivity contribution is 0.0965. The maximum Gasteiger partial charge on any atom is 0.327 e. The first-order valence-electron chi connectivity index (χ1n) is 4.08. The SMILES string of the molecule is O=POCCC(=O)c1c(Cl)cccc1Cl. The number of halogens is 2. The molecule has 0 aliphatic carbocycles. The molecule has 1 aromatic rings. The van der Waals surface area contributed by atoms with Crippen LogP contribution in [0.1, 0.15) is 16.8 Å². The topological polar surface area (TPSA) is 43.4 Å². The van der Waals surface area contributed by atoms with Gasteiger partial charge in [0.25, 0.3) is 0 Å². The summed E-state index contributed by atoms with van der Waals surface area (Å²) in [4.78, 5) is 11.6. The third kappa shape index (κ3) is 3.54. The molecule has 0 atom stereocenters. The van der Waals surface area contributed by atoms with Crippen molar-refractivity contribution in [3.63, 3.8) is 0 Å². The van der Waals surface area contributed by atoms with Crippen molar-refractivity contribution >= 4 is 37.7 Å². The molecule has 0 saturated heterocycles. The van der Waals surface area contributed by atoms with E-state index in [0.717, 1.165) is 0 Å². The molecule has 0 N–H and O–H groups in total. The van der Waals surface area contributed by atoms with Gasteiger partial charge in [-0.05, 0) is 12.1 Å². The fraction of sp³-hybridized carbons (Fsp3) is 0.222. The van der Waals surface area contributed by atoms with Gasteiger partial charge in [0.05, 0.1) is 22.2 Å². The maximum atomic E-state index is 11.6. The van der Waals surface area contributed by atoms with Gasteiger partial charge in [-0.25, -0.2) is 4.57 Å². The van der Waals surface area contributed by atoms with Gasteiger partial charge in [0.2, 0.25) is 0 Å². The molecule has 15 heavy (non-hydrogen) atoms. The van der Waals surface area contributed by atoms with Crippen molar-refractivity contribution in [3.8, 4) is 0 Å². The summed E-state index contributed by atoms with van der Waals surface area (Å²) in [6.07, 6.45) is 0.0959. The molecule has 1 aromatic carbocycles. The summed E-state index contributed by atoms with van der Waals surface area (Å²) in [5, 5.41) is 0.624. The van der Waals surface area contributed by atoms with Gasteiger partial charge in [-0.3, -0.25) is 9.32 Å². The second kappa shape index (κ2) is 6.19. The van der Waals surface area contributed by atoms with E-state index in [0.29, 0.717) is 10.0 Å². The van der Waals surface area contributed by atoms with Crippen LogP contribution in [0.3, 0.4) is 0 Å². The summed E-state index contributed by atoms with van der Waals surface area (Å²) in [5.41, 5.74) is 0.284. The summed E-state index contributed by atoms with van der Waals surface area (Å²) < 4.78 is 14.5. The lowest BCUT2D eigenvalue weighted by Crippen LogP contribution is -2.03. The van der Waals surface area contributed by atoms with Crippen molar-refractivity contribution in [2.24, 2.45) is 0 Å². The predicted octanol–water partition coefficient (Wildman–Crippen LogP) is 3.79. The molecular formula is C9H7Cl2O3P. The number of carbonyl (C=O) groups excluding carboxylic acids is 1. The minimum Gasteiger partial charge on any atom is -0.294 e. The molecule has 3 nitrogen and oxygen atoms in total. The van der Waals surface area contributed by atoms with Crippen molar-refractivity contribution in [3.05, 3.63) is 33.8 Å². The number of carbonyl (C=O) groups is 1. The van der Waals surface area contributed by atoms with E-state index in [1.165, 1.54) is 0 Å². The highest BCUT2D eigenvalue weighted by Gasteiger charge is 2.13. The van der Waals surface area contributed by atoms with E-state index in [4.69, 9.17) is 23.2 Å². The Bertz CT molecular complexity index is 361. The second-order valence-electron chi connectivity index (χ2n) is 2.68. The Morgan fingerprint density at radius 3 is 2.47 bits per heavy atom. The lowest BCUT2D eigenvalue weighted by Gasteiger charge is -2.04. The van der Waals surface area contributed by atoms with Gasteiger partial charge >= 0.3 is 8.69 Å². The standard InChI is InChI=1S/C9H7Cl2O3P/c10-6-2-1-3-7(11)9(6)8(12)4-5-14-15-13/h1-3H,4-5H2. The molecule has 6 heteroatoms. The normalized spacial score (nSPS) is 10.5. The van der Waals surface area contributed by atoms with Crippen LogP contribution in [0.25, 0.3) is 0 Å². The molecule has 0 aromatic heterocycles. The van der Waals surface area contributed by atoms with Crippen LogP contribution in [0.15, 0.2) is 18.2 Å². The van der Waals surface area contributed by atoms with E-state index in [-0.39, 0.29) is 24.4 Å². The Balaban J connectivity index is 2.77. The fourth-order valence-electron chi connectivity index (χ4n) is 1.06. The zero-order chi connectivity index (χ0) is 11.3. The Morgan fingerprint density at radius 1 is 1.33 bits per heavy atom. The summed E-state index contributed by atoms with van der Waals surface area (Å²) >= 11 is 11.7. The molecule has 0 radical (unpaired) electrons. The average Bonchev–Trinajstić information content (AvgIpc) is 2.18. The monoisotopic (exact) mass is 264 g/mol. The van der Waals surface area contributed by atoms with Crippen LogP contribution in [0.5, 0.6) is 0 Å². The fourth-order valence-corrected chi connectivity index (χ4v) is 1.84. The largest absolute Gasteiger partial charge is 0.327 e. The van der Waals surface area contributed by atoms with Crippen LogP contribution in [0, 0.1) is 0 Å². The predicted molar refractivity (Wildman–Crippen MR) is 59.0 cm³/mol. The Labute approximate surface area is 98.6 Å². The third-order valence-corrected chi connectivity index (χ3v) is 2.63. The Kier molecular flexibility index (Phi) is 5.20. The van der Waals surface area contributed by atoms with Crippen molar-refractivity contribution in [2.45, 2.75) is 6.42 Å². The van der Waals surface area contributed by atoms with Crippen LogP contribution in [-0.2, 0) is 9.09 Å². The van der Waals surface area contributed by atoms with Gasteiger partial charge in [0, 0.05) is 6.42 Å². The van der Waals surface area contributed by atoms with Gasteiger partial charge < -0.3 is 0 Å². The molecule has 0 saturated carbocycles. The molecule has 0 bridgehead atoms. The van der Waals surface area contributed by atoms with Gasteiger partial charge in [-0.2, -0.15) is 0 Å². The molecule has 0 heterocycles. The first kappa shape index (κ1) is 12.6. The Morgan fingerprint density at radius 2 is 1.93 bits per heavy atom. The van der Waals surface area contributed by atoms with Crippen LogP contribution in [-0.4, -0.2) is 12.4 Å². The number of benzene rings is 1. The highest BCUT2D eigenvalue weighted by molar-refractivity contribution is 7.17. The molecule has 0 spiro atoms. The highest BCUT2D eigenvalue weighted by Crippen LogP contribution is 2.25. The Hall–Kier alpha value is -0.470. The average molecular weight is 265 g/mol. The first-order chi connectivity index (χ1) is 7.16. The molecule has 1 rings (SSSR count). The van der Waals surface area contributed by atoms with Crippen molar-refractivity contribution < 1.29 is 13.9 Å². The molecule has 0 fully saturated rings. The minimum atomic E-state index is -0.440. The number of hydrogen-bond acceptors (Lipinski definition) is 3. The third-order valence-electron chi connectivity index (χ3n) is 1.71. The van der Waals surface area contributed by atoms with Crippen LogP contribution >= 0.6 is 31.9 Å². The van der Waals surface area contributed by atoms with Crippen molar-refractivity contribution in [1.82, 2.24) is 0 Å². The van der Waals surface area contributed by atoms with Gasteiger partial charge in [0.1, 0.15) is 0 Å². The van der Waals surface area contributed by atoms with Gasteiger partial charge in [0.15, 0.2) is 5.78 Å². The van der Waals surface area contributed by atoms with E-state index in [2.05, 4.69) is 4.52 Å². The zero-order valence-corrected chi connectivity index (χ0v) is 9.98. The summed E-state index contributed by atoms with van der Waals surface area (Å²) in [7, 11) is -0.440. The van der Waals surface area contributed by atoms with E-state index in [1.54, 1.807) is 18.2 Å². The lowest BCUT2D eigenvalue weighted by atomic mass is 10.1. The van der Waals surface area contributed by atoms with Crippen LogP contribution < -0.4 is 0 Å². The first-order valence-corrected chi connectivity index (χ1v) is 5.57. The molecule has 80 valence electrons. The number of rotatable bonds is 5. The van der Waals surface area contributed by atoms with E-state index >= 15 is 0 Å². The van der Waals surface area contributed by atoms with Crippen LogP contribution in [0.4, 0.5) is 0 Å². The quantitative estimate of drug-likeness (QED) is 0.462. The van der Waals surface area contributed by atoms with E-state index < -0.39 is 8.69 Å². The summed E-state index contributed by atoms with van der Waals surface area (Å²) in [5.74, 6) is -0.228. The van der Waals surface area contributed by atoms with Gasteiger partial charge in [-0.15, -0.1) is 0 Å². The van der Waals surface area contributed by atoms with Gasteiger partial charge in [-0.1, -0.05) is 29.3 Å². The van der Waals surface area contributed by atoms with E-state index in [9.17, 15) is 9.36 Å². The minimum absolute atomic E-state index is 0.0748. The van der Waals surface area contributed by atoms with Crippen LogP contribution in [0.2, 0.25) is 10.0 Å². The van der Waals surface area contributed by atoms with Crippen molar-refractivity contribution in [1.29, 1.82) is 0 Å². The summed E-state index contributed by atoms with van der Waals surface area (Å²) in [6, 6.07) is 4.84. The number of Topliss-reactive ketones (excluding diaryl/α,β-unsaturated/α-hetero) is 1. The number of ketones is 1. The highest BCUT2D eigenvalue weighted by atomic mass is 35.5. The molecule has 0 aliphatic rings. The van der Waals surface area contributed by atoms with E-state index in [1.807, 2.05) is 0 Å². The summed E-state index contributed by atoms with van der Waals surface area (Å²) in [6.45, 7) is 0.0748. The molecule has 0 amide bonds. The molecule has 0 aliphatic heterocycles.